The zero-order chi connectivity index (χ0) is 11.0. The minimum absolute atomic E-state index is 0.724. The molecule has 0 spiro atoms. The van der Waals surface area contributed by atoms with Gasteiger partial charge in [0, 0.05) is 18.6 Å². The summed E-state index contributed by atoms with van der Waals surface area (Å²) >= 11 is 0. The third kappa shape index (κ3) is 1.76. The van der Waals surface area contributed by atoms with Gasteiger partial charge in [-0.3, -0.25) is 4.90 Å². The molecule has 16 heavy (non-hydrogen) atoms. The smallest absolute Gasteiger partial charge is 0.0232 e. The molecule has 1 N–H and O–H groups in total. The highest BCUT2D eigenvalue weighted by molar-refractivity contribution is 5.33. The fourth-order valence-corrected chi connectivity index (χ4v) is 3.11. The topological polar surface area (TPSA) is 15.3 Å². The van der Waals surface area contributed by atoms with Gasteiger partial charge in [-0.25, -0.2) is 0 Å². The second-order valence-electron chi connectivity index (χ2n) is 5.14. The number of fused-ring (bicyclic) bond motifs is 1. The minimum Gasteiger partial charge on any atom is -0.315 e. The van der Waals surface area contributed by atoms with Crippen LogP contribution >= 0.6 is 0 Å². The molecule has 0 radical (unpaired) electrons. The molecule has 2 aliphatic rings. The summed E-state index contributed by atoms with van der Waals surface area (Å²) in [6.07, 6.45) is 3.79. The molecule has 3 rings (SSSR count). The standard InChI is InChI=1S/C14H20N2/c1-16(13-6-7-15-10-13)14-8-11-4-2-3-5-12(11)9-14/h2-5,13-15H,6-10H2,1H3. The van der Waals surface area contributed by atoms with Gasteiger partial charge < -0.3 is 5.32 Å². The Morgan fingerprint density at radius 1 is 1.12 bits per heavy atom. The maximum Gasteiger partial charge on any atom is 0.0232 e. The Morgan fingerprint density at radius 3 is 2.38 bits per heavy atom. The molecular weight excluding hydrogens is 196 g/mol. The molecule has 1 fully saturated rings. The molecule has 2 heteroatoms. The van der Waals surface area contributed by atoms with Crippen LogP contribution in [0.15, 0.2) is 24.3 Å². The highest BCUT2D eigenvalue weighted by Crippen LogP contribution is 2.26. The Bertz CT molecular complexity index is 344. The Hall–Kier alpha value is -0.860. The van der Waals surface area contributed by atoms with Crippen molar-refractivity contribution in [2.75, 3.05) is 20.1 Å². The van der Waals surface area contributed by atoms with Crippen molar-refractivity contribution in [1.29, 1.82) is 0 Å². The summed E-state index contributed by atoms with van der Waals surface area (Å²) in [6, 6.07) is 10.4. The van der Waals surface area contributed by atoms with E-state index < -0.39 is 0 Å². The van der Waals surface area contributed by atoms with Gasteiger partial charge in [0.2, 0.25) is 0 Å². The summed E-state index contributed by atoms with van der Waals surface area (Å²) in [5.74, 6) is 0. The molecule has 1 aromatic carbocycles. The first-order chi connectivity index (χ1) is 7.84. The van der Waals surface area contributed by atoms with Gasteiger partial charge >= 0.3 is 0 Å². The van der Waals surface area contributed by atoms with E-state index in [9.17, 15) is 0 Å². The third-order valence-corrected chi connectivity index (χ3v) is 4.22. The van der Waals surface area contributed by atoms with Crippen molar-refractivity contribution >= 4 is 0 Å². The van der Waals surface area contributed by atoms with Gasteiger partial charge in [-0.15, -0.1) is 0 Å². The zero-order valence-corrected chi connectivity index (χ0v) is 9.95. The van der Waals surface area contributed by atoms with Crippen LogP contribution in [0.25, 0.3) is 0 Å². The van der Waals surface area contributed by atoms with E-state index in [0.29, 0.717) is 0 Å². The fraction of sp³-hybridized carbons (Fsp3) is 0.571. The van der Waals surface area contributed by atoms with Crippen LogP contribution in [0.3, 0.4) is 0 Å². The molecular formula is C14H20N2. The lowest BCUT2D eigenvalue weighted by Crippen LogP contribution is -2.41. The lowest BCUT2D eigenvalue weighted by molar-refractivity contribution is 0.188. The Kier molecular flexibility index (Phi) is 2.70. The van der Waals surface area contributed by atoms with E-state index in [0.717, 1.165) is 12.1 Å². The van der Waals surface area contributed by atoms with Crippen molar-refractivity contribution in [1.82, 2.24) is 10.2 Å². The van der Waals surface area contributed by atoms with E-state index in [4.69, 9.17) is 0 Å². The Balaban J connectivity index is 1.70. The van der Waals surface area contributed by atoms with Crippen molar-refractivity contribution in [2.24, 2.45) is 0 Å². The number of likely N-dealkylation sites (N-methyl/N-ethyl adjacent to an activating group) is 1. The lowest BCUT2D eigenvalue weighted by Gasteiger charge is -2.29. The molecule has 0 bridgehead atoms. The van der Waals surface area contributed by atoms with Crippen molar-refractivity contribution in [2.45, 2.75) is 31.3 Å². The number of hydrogen-bond acceptors (Lipinski definition) is 2. The van der Waals surface area contributed by atoms with Crippen LogP contribution in [0, 0.1) is 0 Å². The molecule has 1 atom stereocenters. The Morgan fingerprint density at radius 2 is 1.81 bits per heavy atom. The molecule has 1 aliphatic heterocycles. The predicted molar refractivity (Wildman–Crippen MR) is 66.7 cm³/mol. The first kappa shape index (κ1) is 10.3. The van der Waals surface area contributed by atoms with Crippen LogP contribution in [-0.2, 0) is 12.8 Å². The van der Waals surface area contributed by atoms with Gasteiger partial charge in [-0.2, -0.15) is 0 Å². The molecule has 1 aliphatic carbocycles. The second-order valence-corrected chi connectivity index (χ2v) is 5.14. The monoisotopic (exact) mass is 216 g/mol. The molecule has 1 heterocycles. The third-order valence-electron chi connectivity index (χ3n) is 4.22. The summed E-state index contributed by atoms with van der Waals surface area (Å²) in [5.41, 5.74) is 3.12. The van der Waals surface area contributed by atoms with Crippen molar-refractivity contribution in [3.8, 4) is 0 Å². The highest BCUT2D eigenvalue weighted by atomic mass is 15.2. The number of rotatable bonds is 2. The average Bonchev–Trinajstić information content (AvgIpc) is 2.97. The van der Waals surface area contributed by atoms with Crippen LogP contribution in [0.5, 0.6) is 0 Å². The lowest BCUT2D eigenvalue weighted by atomic mass is 10.1. The first-order valence-corrected chi connectivity index (χ1v) is 6.34. The van der Waals surface area contributed by atoms with Gasteiger partial charge in [0.15, 0.2) is 0 Å². The number of hydrogen-bond donors (Lipinski definition) is 1. The van der Waals surface area contributed by atoms with E-state index in [1.807, 2.05) is 0 Å². The summed E-state index contributed by atoms with van der Waals surface area (Å²) < 4.78 is 0. The number of nitrogens with zero attached hydrogens (tertiary/aromatic N) is 1. The quantitative estimate of drug-likeness (QED) is 0.805. The zero-order valence-electron chi connectivity index (χ0n) is 9.95. The molecule has 1 saturated heterocycles. The molecule has 0 amide bonds. The molecule has 86 valence electrons. The normalized spacial score (nSPS) is 25.2. The minimum atomic E-state index is 0.724. The largest absolute Gasteiger partial charge is 0.315 e. The molecule has 1 aromatic rings. The van der Waals surface area contributed by atoms with E-state index >= 15 is 0 Å². The van der Waals surface area contributed by atoms with Gasteiger partial charge in [-0.1, -0.05) is 24.3 Å². The number of nitrogens with one attached hydrogen (secondary N) is 1. The SMILES string of the molecule is CN(C1CCNC1)C1Cc2ccccc2C1. The fourth-order valence-electron chi connectivity index (χ4n) is 3.11. The van der Waals surface area contributed by atoms with Gasteiger partial charge in [0.1, 0.15) is 0 Å². The first-order valence-electron chi connectivity index (χ1n) is 6.34. The van der Waals surface area contributed by atoms with Crippen LogP contribution < -0.4 is 5.32 Å². The maximum atomic E-state index is 3.46. The second kappa shape index (κ2) is 4.19. The van der Waals surface area contributed by atoms with Crippen LogP contribution in [0.4, 0.5) is 0 Å². The van der Waals surface area contributed by atoms with E-state index in [1.165, 1.54) is 32.4 Å². The van der Waals surface area contributed by atoms with Crippen molar-refractivity contribution in [3.63, 3.8) is 0 Å². The highest BCUT2D eigenvalue weighted by Gasteiger charge is 2.29. The molecule has 1 unspecified atom stereocenters. The predicted octanol–water partition coefficient (Wildman–Crippen LogP) is 1.45. The Labute approximate surface area is 97.6 Å². The van der Waals surface area contributed by atoms with E-state index in [-0.39, 0.29) is 0 Å². The summed E-state index contributed by atoms with van der Waals surface area (Å²) in [7, 11) is 2.30. The van der Waals surface area contributed by atoms with E-state index in [1.54, 1.807) is 11.1 Å². The average molecular weight is 216 g/mol. The van der Waals surface area contributed by atoms with Crippen LogP contribution in [0.1, 0.15) is 17.5 Å². The van der Waals surface area contributed by atoms with Gasteiger partial charge in [0.25, 0.3) is 0 Å². The van der Waals surface area contributed by atoms with Crippen molar-refractivity contribution < 1.29 is 0 Å². The van der Waals surface area contributed by atoms with Crippen LogP contribution in [0.2, 0.25) is 0 Å². The number of benzene rings is 1. The summed E-state index contributed by atoms with van der Waals surface area (Å²) in [5, 5.41) is 3.46. The maximum absolute atomic E-state index is 3.46. The molecule has 2 nitrogen and oxygen atoms in total. The van der Waals surface area contributed by atoms with Gasteiger partial charge in [0.05, 0.1) is 0 Å². The summed E-state index contributed by atoms with van der Waals surface area (Å²) in [6.45, 7) is 2.36. The molecule has 0 aromatic heterocycles. The van der Waals surface area contributed by atoms with E-state index in [2.05, 4.69) is 41.5 Å². The summed E-state index contributed by atoms with van der Waals surface area (Å²) in [4.78, 5) is 2.60. The van der Waals surface area contributed by atoms with Crippen molar-refractivity contribution in [3.05, 3.63) is 35.4 Å². The van der Waals surface area contributed by atoms with Gasteiger partial charge in [-0.05, 0) is 44.0 Å². The van der Waals surface area contributed by atoms with Crippen LogP contribution in [-0.4, -0.2) is 37.1 Å². The molecule has 0 saturated carbocycles.